The molecular weight excluding hydrogens is 368 g/mol. The molecule has 3 aliphatic carbocycles. The Hall–Kier alpha value is -2.06. The number of rotatable bonds is 5. The van der Waals surface area contributed by atoms with Crippen molar-refractivity contribution < 1.29 is 9.84 Å². The van der Waals surface area contributed by atoms with Crippen molar-refractivity contribution in [3.63, 3.8) is 0 Å². The molecular formula is C28H34O2. The Morgan fingerprint density at radius 2 is 2.00 bits per heavy atom. The van der Waals surface area contributed by atoms with Gasteiger partial charge in [-0.05, 0) is 96.4 Å². The highest BCUT2D eigenvalue weighted by molar-refractivity contribution is 5.41. The number of allylic oxidation sites excluding steroid dienone is 1. The zero-order valence-corrected chi connectivity index (χ0v) is 18.1. The lowest BCUT2D eigenvalue weighted by molar-refractivity contribution is -0.0323. The maximum atomic E-state index is 11.1. The fraction of sp³-hybridized carbons (Fsp3) is 0.500. The van der Waals surface area contributed by atoms with Gasteiger partial charge in [0.05, 0.1) is 6.10 Å². The molecule has 0 unspecified atom stereocenters. The number of aliphatic hydroxyl groups is 1. The minimum atomic E-state index is -0.170. The Kier molecular flexibility index (Phi) is 5.23. The van der Waals surface area contributed by atoms with Gasteiger partial charge in [-0.15, -0.1) is 6.58 Å². The van der Waals surface area contributed by atoms with Crippen LogP contribution in [0, 0.1) is 23.2 Å². The van der Waals surface area contributed by atoms with Crippen LogP contribution in [-0.2, 0) is 13.0 Å². The first-order valence-electron chi connectivity index (χ1n) is 11.7. The molecule has 0 aromatic heterocycles. The normalized spacial score (nSPS) is 34.5. The highest BCUT2D eigenvalue weighted by Gasteiger charge is 2.57. The van der Waals surface area contributed by atoms with Crippen LogP contribution in [0.15, 0.2) is 61.2 Å². The van der Waals surface area contributed by atoms with E-state index >= 15 is 0 Å². The predicted octanol–water partition coefficient (Wildman–Crippen LogP) is 6.28. The average Bonchev–Trinajstić information content (AvgIpc) is 3.03. The second-order valence-corrected chi connectivity index (χ2v) is 10.1. The molecule has 0 amide bonds. The molecule has 0 radical (unpaired) electrons. The van der Waals surface area contributed by atoms with Crippen molar-refractivity contribution in [1.82, 2.24) is 0 Å². The summed E-state index contributed by atoms with van der Waals surface area (Å²) in [6, 6.07) is 17.2. The van der Waals surface area contributed by atoms with E-state index in [9.17, 15) is 5.11 Å². The molecule has 5 rings (SSSR count). The molecule has 2 fully saturated rings. The van der Waals surface area contributed by atoms with E-state index < -0.39 is 0 Å². The summed E-state index contributed by atoms with van der Waals surface area (Å²) in [7, 11) is 0. The van der Waals surface area contributed by atoms with Crippen molar-refractivity contribution in [2.75, 3.05) is 0 Å². The molecule has 0 bridgehead atoms. The second kappa shape index (κ2) is 7.89. The number of fused-ring (bicyclic) bond motifs is 5. The molecule has 0 spiro atoms. The highest BCUT2D eigenvalue weighted by Crippen LogP contribution is 2.62. The molecule has 158 valence electrons. The summed E-state index contributed by atoms with van der Waals surface area (Å²) in [6.45, 7) is 6.91. The SMILES string of the molecule is C=CC[C@@H]1C[C@H]2[C@@H]3CCc4cc(OCc5ccccc5)ccc4[C@H]3CC[C@]2(C)[C@H]1O. The van der Waals surface area contributed by atoms with Gasteiger partial charge in [0, 0.05) is 0 Å². The molecule has 2 saturated carbocycles. The number of hydrogen-bond donors (Lipinski definition) is 1. The minimum Gasteiger partial charge on any atom is -0.489 e. The van der Waals surface area contributed by atoms with Gasteiger partial charge in [0.25, 0.3) is 0 Å². The van der Waals surface area contributed by atoms with Gasteiger partial charge in [-0.3, -0.25) is 0 Å². The van der Waals surface area contributed by atoms with E-state index in [0.717, 1.165) is 25.0 Å². The molecule has 6 atom stereocenters. The van der Waals surface area contributed by atoms with Gasteiger partial charge in [0.2, 0.25) is 0 Å². The number of aliphatic hydroxyl groups excluding tert-OH is 1. The van der Waals surface area contributed by atoms with Gasteiger partial charge in [0.15, 0.2) is 0 Å². The predicted molar refractivity (Wildman–Crippen MR) is 122 cm³/mol. The summed E-state index contributed by atoms with van der Waals surface area (Å²) in [5.41, 5.74) is 4.31. The zero-order chi connectivity index (χ0) is 20.7. The Balaban J connectivity index is 1.34. The van der Waals surface area contributed by atoms with E-state index in [2.05, 4.69) is 56.0 Å². The summed E-state index contributed by atoms with van der Waals surface area (Å²) in [4.78, 5) is 0. The van der Waals surface area contributed by atoms with Crippen LogP contribution in [0.4, 0.5) is 0 Å². The maximum absolute atomic E-state index is 11.1. The van der Waals surface area contributed by atoms with E-state index in [1.54, 1.807) is 5.56 Å². The summed E-state index contributed by atoms with van der Waals surface area (Å²) in [5, 5.41) is 11.1. The molecule has 2 aromatic carbocycles. The molecule has 2 heteroatoms. The molecule has 30 heavy (non-hydrogen) atoms. The van der Waals surface area contributed by atoms with Crippen molar-refractivity contribution >= 4 is 0 Å². The molecule has 0 aliphatic heterocycles. The number of hydrogen-bond acceptors (Lipinski definition) is 2. The summed E-state index contributed by atoms with van der Waals surface area (Å²) in [5.74, 6) is 3.37. The lowest BCUT2D eigenvalue weighted by Crippen LogP contribution is -2.44. The van der Waals surface area contributed by atoms with Gasteiger partial charge in [0.1, 0.15) is 12.4 Å². The fourth-order valence-electron chi connectivity index (χ4n) is 6.98. The van der Waals surface area contributed by atoms with E-state index in [0.29, 0.717) is 30.3 Å². The summed E-state index contributed by atoms with van der Waals surface area (Å²) < 4.78 is 6.09. The minimum absolute atomic E-state index is 0.0884. The maximum Gasteiger partial charge on any atom is 0.120 e. The topological polar surface area (TPSA) is 29.5 Å². The quantitative estimate of drug-likeness (QED) is 0.596. The lowest BCUT2D eigenvalue weighted by atomic mass is 9.55. The fourth-order valence-corrected chi connectivity index (χ4v) is 6.98. The van der Waals surface area contributed by atoms with Crippen LogP contribution in [0.25, 0.3) is 0 Å². The van der Waals surface area contributed by atoms with E-state index in [1.807, 2.05) is 12.1 Å². The van der Waals surface area contributed by atoms with E-state index in [1.165, 1.54) is 30.4 Å². The van der Waals surface area contributed by atoms with Gasteiger partial charge >= 0.3 is 0 Å². The third-order valence-corrected chi connectivity index (χ3v) is 8.53. The van der Waals surface area contributed by atoms with E-state index in [4.69, 9.17) is 4.74 Å². The molecule has 2 nitrogen and oxygen atoms in total. The van der Waals surface area contributed by atoms with Crippen molar-refractivity contribution in [3.05, 3.63) is 77.9 Å². The van der Waals surface area contributed by atoms with Crippen molar-refractivity contribution in [1.29, 1.82) is 0 Å². The lowest BCUT2D eigenvalue weighted by Gasteiger charge is -2.50. The Morgan fingerprint density at radius 1 is 1.17 bits per heavy atom. The highest BCUT2D eigenvalue weighted by atomic mass is 16.5. The van der Waals surface area contributed by atoms with Crippen LogP contribution in [0.5, 0.6) is 5.75 Å². The van der Waals surface area contributed by atoms with Crippen molar-refractivity contribution in [2.45, 2.75) is 64.1 Å². The summed E-state index contributed by atoms with van der Waals surface area (Å²) in [6.07, 6.45) is 8.66. The average molecular weight is 403 g/mol. The second-order valence-electron chi connectivity index (χ2n) is 10.1. The smallest absolute Gasteiger partial charge is 0.120 e. The van der Waals surface area contributed by atoms with Gasteiger partial charge in [-0.2, -0.15) is 0 Å². The first-order chi connectivity index (χ1) is 14.6. The Bertz CT molecular complexity index is 904. The van der Waals surface area contributed by atoms with Crippen LogP contribution in [-0.4, -0.2) is 11.2 Å². The van der Waals surface area contributed by atoms with Crippen LogP contribution in [0.3, 0.4) is 0 Å². The standard InChI is InChI=1S/C28H34O2/c1-3-7-21-17-26-25-12-10-20-16-22(30-18-19-8-5-4-6-9-19)11-13-23(20)24(25)14-15-28(26,2)27(21)29/h3-6,8-9,11,13,16,21,24-27,29H,1,7,10,12,14-15,17-18H2,2H3/t21-,24-,25-,26+,27+,28+/m1/s1. The largest absolute Gasteiger partial charge is 0.489 e. The number of aryl methyl sites for hydroxylation is 1. The van der Waals surface area contributed by atoms with Gasteiger partial charge in [-0.1, -0.05) is 49.4 Å². The van der Waals surface area contributed by atoms with E-state index in [-0.39, 0.29) is 11.5 Å². The molecule has 0 saturated heterocycles. The third-order valence-electron chi connectivity index (χ3n) is 8.53. The Labute approximate surface area is 181 Å². The molecule has 2 aromatic rings. The first kappa shape index (κ1) is 19.9. The van der Waals surface area contributed by atoms with Crippen LogP contribution in [0.2, 0.25) is 0 Å². The first-order valence-corrected chi connectivity index (χ1v) is 11.7. The third kappa shape index (κ3) is 3.30. The molecule has 3 aliphatic rings. The van der Waals surface area contributed by atoms with Gasteiger partial charge < -0.3 is 9.84 Å². The number of benzene rings is 2. The van der Waals surface area contributed by atoms with Crippen LogP contribution >= 0.6 is 0 Å². The Morgan fingerprint density at radius 3 is 2.80 bits per heavy atom. The summed E-state index contributed by atoms with van der Waals surface area (Å²) >= 11 is 0. The monoisotopic (exact) mass is 402 g/mol. The molecule has 0 heterocycles. The zero-order valence-electron chi connectivity index (χ0n) is 18.1. The van der Waals surface area contributed by atoms with Gasteiger partial charge in [-0.25, -0.2) is 0 Å². The van der Waals surface area contributed by atoms with Crippen LogP contribution in [0.1, 0.15) is 61.6 Å². The van der Waals surface area contributed by atoms with Crippen molar-refractivity contribution in [2.24, 2.45) is 23.2 Å². The van der Waals surface area contributed by atoms with Crippen LogP contribution < -0.4 is 4.74 Å². The number of ether oxygens (including phenoxy) is 1. The van der Waals surface area contributed by atoms with Crippen molar-refractivity contribution in [3.8, 4) is 5.75 Å². The molecule has 1 N–H and O–H groups in total.